The Kier molecular flexibility index (Phi) is 7.35. The van der Waals surface area contributed by atoms with Crippen molar-refractivity contribution in [1.82, 2.24) is 10.2 Å². The number of halogens is 2. The lowest BCUT2D eigenvalue weighted by Gasteiger charge is -2.29. The third-order valence-electron chi connectivity index (χ3n) is 3.56. The Morgan fingerprint density at radius 3 is 2.85 bits per heavy atom. The van der Waals surface area contributed by atoms with Gasteiger partial charge in [-0.3, -0.25) is 4.79 Å². The van der Waals surface area contributed by atoms with Crippen LogP contribution in [0.1, 0.15) is 31.7 Å². The topological polar surface area (TPSA) is 32.3 Å². The summed E-state index contributed by atoms with van der Waals surface area (Å²) >= 11 is 5.98. The Balaban J connectivity index is 0.00000200. The molecule has 0 unspecified atom stereocenters. The lowest BCUT2D eigenvalue weighted by Crippen LogP contribution is -2.48. The summed E-state index contributed by atoms with van der Waals surface area (Å²) in [5.74, 6) is 0.210. The Morgan fingerprint density at radius 1 is 1.45 bits per heavy atom. The maximum Gasteiger partial charge on any atom is 0.239 e. The fraction of sp³-hybridized carbons (Fsp3) is 0.533. The van der Waals surface area contributed by atoms with Crippen LogP contribution < -0.4 is 5.32 Å². The molecule has 5 heteroatoms. The van der Waals surface area contributed by atoms with Crippen LogP contribution in [0.25, 0.3) is 0 Å². The average Bonchev–Trinajstić information content (AvgIpc) is 2.45. The van der Waals surface area contributed by atoms with Crippen LogP contribution in [0.3, 0.4) is 0 Å². The van der Waals surface area contributed by atoms with Gasteiger partial charge in [0, 0.05) is 18.1 Å². The molecule has 20 heavy (non-hydrogen) atoms. The van der Waals surface area contributed by atoms with Gasteiger partial charge in [-0.15, -0.1) is 12.4 Å². The van der Waals surface area contributed by atoms with Gasteiger partial charge >= 0.3 is 0 Å². The number of nitrogens with zero attached hydrogens (tertiary/aromatic N) is 1. The number of carbonyl (C=O) groups excluding carboxylic acids is 1. The predicted molar refractivity (Wildman–Crippen MR) is 85.4 cm³/mol. The van der Waals surface area contributed by atoms with Crippen molar-refractivity contribution in [1.29, 1.82) is 0 Å². The van der Waals surface area contributed by atoms with Gasteiger partial charge in [-0.2, -0.15) is 0 Å². The summed E-state index contributed by atoms with van der Waals surface area (Å²) in [7, 11) is 0. The van der Waals surface area contributed by atoms with Crippen LogP contribution in [0, 0.1) is 0 Å². The van der Waals surface area contributed by atoms with E-state index in [1.54, 1.807) is 0 Å². The summed E-state index contributed by atoms with van der Waals surface area (Å²) in [5, 5.41) is 4.03. The summed E-state index contributed by atoms with van der Waals surface area (Å²) in [5.41, 5.74) is 1.08. The summed E-state index contributed by atoms with van der Waals surface area (Å²) in [6, 6.07) is 7.70. The van der Waals surface area contributed by atoms with Crippen molar-refractivity contribution in [3.8, 4) is 0 Å². The van der Waals surface area contributed by atoms with E-state index in [0.717, 1.165) is 36.5 Å². The number of hydrogen-bond donors (Lipinski definition) is 1. The monoisotopic (exact) mass is 316 g/mol. The first-order valence-electron chi connectivity index (χ1n) is 6.97. The third-order valence-corrected chi connectivity index (χ3v) is 3.80. The fourth-order valence-electron chi connectivity index (χ4n) is 2.48. The highest BCUT2D eigenvalue weighted by Gasteiger charge is 2.24. The highest BCUT2D eigenvalue weighted by Crippen LogP contribution is 2.15. The highest BCUT2D eigenvalue weighted by molar-refractivity contribution is 6.30. The lowest BCUT2D eigenvalue weighted by atomic mass is 10.0. The van der Waals surface area contributed by atoms with Gasteiger partial charge in [0.15, 0.2) is 0 Å². The number of likely N-dealkylation sites (N-methyl/N-ethyl adjacent to an activating group) is 1. The van der Waals surface area contributed by atoms with Gasteiger partial charge < -0.3 is 10.2 Å². The minimum atomic E-state index is -0.00659. The van der Waals surface area contributed by atoms with Crippen LogP contribution in [0.4, 0.5) is 0 Å². The molecule has 1 aliphatic rings. The number of amides is 1. The van der Waals surface area contributed by atoms with E-state index in [9.17, 15) is 4.79 Å². The average molecular weight is 317 g/mol. The van der Waals surface area contributed by atoms with E-state index in [1.165, 1.54) is 6.42 Å². The van der Waals surface area contributed by atoms with Gasteiger partial charge in [0.1, 0.15) is 0 Å². The Hall–Kier alpha value is -0.770. The summed E-state index contributed by atoms with van der Waals surface area (Å²) in [6.07, 6.45) is 3.26. The Morgan fingerprint density at radius 2 is 2.25 bits per heavy atom. The molecule has 1 N–H and O–H groups in total. The van der Waals surface area contributed by atoms with Crippen LogP contribution >= 0.6 is 24.0 Å². The molecule has 1 saturated heterocycles. The number of nitrogens with one attached hydrogen (secondary N) is 1. The smallest absolute Gasteiger partial charge is 0.239 e. The SMILES string of the molecule is CCN(Cc1cccc(Cl)c1)C(=O)[C@H]1CCCCN1.Cl. The quantitative estimate of drug-likeness (QED) is 0.924. The van der Waals surface area contributed by atoms with Crippen molar-refractivity contribution in [2.75, 3.05) is 13.1 Å². The van der Waals surface area contributed by atoms with Crippen LogP contribution in [0.5, 0.6) is 0 Å². The predicted octanol–water partition coefficient (Wildman–Crippen LogP) is 3.25. The maximum atomic E-state index is 12.4. The number of piperidine rings is 1. The molecule has 1 amide bonds. The van der Waals surface area contributed by atoms with E-state index < -0.39 is 0 Å². The van der Waals surface area contributed by atoms with Crippen molar-refractivity contribution in [2.45, 2.75) is 38.8 Å². The third kappa shape index (κ3) is 4.65. The van der Waals surface area contributed by atoms with Gasteiger partial charge in [0.25, 0.3) is 0 Å². The minimum Gasteiger partial charge on any atom is -0.337 e. The van der Waals surface area contributed by atoms with Crippen LogP contribution in [-0.4, -0.2) is 29.9 Å². The zero-order valence-electron chi connectivity index (χ0n) is 11.8. The second-order valence-electron chi connectivity index (χ2n) is 4.98. The van der Waals surface area contributed by atoms with E-state index in [0.29, 0.717) is 6.54 Å². The molecule has 1 fully saturated rings. The minimum absolute atomic E-state index is 0. The van der Waals surface area contributed by atoms with E-state index in [-0.39, 0.29) is 24.4 Å². The Labute approximate surface area is 132 Å². The van der Waals surface area contributed by atoms with Crippen molar-refractivity contribution >= 4 is 29.9 Å². The van der Waals surface area contributed by atoms with Crippen LogP contribution in [0.2, 0.25) is 5.02 Å². The molecular weight excluding hydrogens is 295 g/mol. The normalized spacial score (nSPS) is 18.2. The van der Waals surface area contributed by atoms with E-state index in [1.807, 2.05) is 36.1 Å². The summed E-state index contributed by atoms with van der Waals surface area (Å²) in [4.78, 5) is 14.3. The van der Waals surface area contributed by atoms with Gasteiger partial charge in [0.2, 0.25) is 5.91 Å². The molecule has 0 radical (unpaired) electrons. The first-order valence-corrected chi connectivity index (χ1v) is 7.35. The van der Waals surface area contributed by atoms with Crippen LogP contribution in [-0.2, 0) is 11.3 Å². The molecule has 0 bridgehead atoms. The van der Waals surface area contributed by atoms with E-state index >= 15 is 0 Å². The number of rotatable bonds is 4. The van der Waals surface area contributed by atoms with E-state index in [4.69, 9.17) is 11.6 Å². The molecule has 0 spiro atoms. The van der Waals surface area contributed by atoms with Gasteiger partial charge in [-0.25, -0.2) is 0 Å². The molecule has 1 aliphatic heterocycles. The second-order valence-corrected chi connectivity index (χ2v) is 5.42. The molecule has 112 valence electrons. The zero-order valence-corrected chi connectivity index (χ0v) is 13.3. The van der Waals surface area contributed by atoms with Crippen molar-refractivity contribution in [3.63, 3.8) is 0 Å². The number of carbonyl (C=O) groups is 1. The Bertz CT molecular complexity index is 434. The number of hydrogen-bond acceptors (Lipinski definition) is 2. The molecule has 3 nitrogen and oxygen atoms in total. The van der Waals surface area contributed by atoms with Crippen LogP contribution in [0.15, 0.2) is 24.3 Å². The highest BCUT2D eigenvalue weighted by atomic mass is 35.5. The van der Waals surface area contributed by atoms with Gasteiger partial charge in [-0.1, -0.05) is 30.2 Å². The first-order chi connectivity index (χ1) is 9.20. The van der Waals surface area contributed by atoms with Gasteiger partial charge in [-0.05, 0) is 44.0 Å². The summed E-state index contributed by atoms with van der Waals surface area (Å²) < 4.78 is 0. The molecule has 1 aromatic carbocycles. The molecule has 0 saturated carbocycles. The second kappa shape index (κ2) is 8.50. The molecule has 1 aromatic rings. The van der Waals surface area contributed by atoms with Crippen molar-refractivity contribution in [3.05, 3.63) is 34.9 Å². The first kappa shape index (κ1) is 17.3. The maximum absolute atomic E-state index is 12.4. The van der Waals surface area contributed by atoms with E-state index in [2.05, 4.69) is 5.32 Å². The standard InChI is InChI=1S/C15H21ClN2O.ClH/c1-2-18(11-12-6-5-7-13(16)10-12)15(19)14-8-3-4-9-17-14;/h5-7,10,14,17H,2-4,8-9,11H2,1H3;1H/t14-;/m1./s1. The largest absolute Gasteiger partial charge is 0.337 e. The van der Waals surface area contributed by atoms with Gasteiger partial charge in [0.05, 0.1) is 6.04 Å². The van der Waals surface area contributed by atoms with Crippen molar-refractivity contribution < 1.29 is 4.79 Å². The molecule has 1 atom stereocenters. The molecule has 1 heterocycles. The fourth-order valence-corrected chi connectivity index (χ4v) is 2.70. The zero-order chi connectivity index (χ0) is 13.7. The van der Waals surface area contributed by atoms with Crippen molar-refractivity contribution in [2.24, 2.45) is 0 Å². The lowest BCUT2D eigenvalue weighted by molar-refractivity contribution is -0.134. The summed E-state index contributed by atoms with van der Waals surface area (Å²) in [6.45, 7) is 4.33. The molecule has 2 rings (SSSR count). The molecule has 0 aromatic heterocycles. The number of benzene rings is 1. The molecule has 0 aliphatic carbocycles. The molecular formula is C15H22Cl2N2O.